The molecule has 0 fully saturated rings. The number of fused-ring (bicyclic) bond motifs is 1. The van der Waals surface area contributed by atoms with Gasteiger partial charge in [-0.25, -0.2) is 4.90 Å². The fourth-order valence-electron chi connectivity index (χ4n) is 3.67. The van der Waals surface area contributed by atoms with Gasteiger partial charge in [-0.15, -0.1) is 0 Å². The van der Waals surface area contributed by atoms with Crippen molar-refractivity contribution >= 4 is 34.8 Å². The fraction of sp³-hybridized carbons (Fsp3) is 0.0870. The van der Waals surface area contributed by atoms with Gasteiger partial charge in [-0.05, 0) is 67.4 Å². The molecule has 0 bridgehead atoms. The highest BCUT2D eigenvalue weighted by atomic mass is 16.6. The first-order valence-corrected chi connectivity index (χ1v) is 9.42. The molecule has 3 amide bonds. The maximum Gasteiger partial charge on any atom is 0.283 e. The number of carbonyl (C=O) groups excluding carboxylic acids is 3. The second-order valence-electron chi connectivity index (χ2n) is 7.28. The quantitative estimate of drug-likeness (QED) is 0.389. The first-order chi connectivity index (χ1) is 14.8. The molecule has 154 valence electrons. The summed E-state index contributed by atoms with van der Waals surface area (Å²) >= 11 is 0. The lowest BCUT2D eigenvalue weighted by molar-refractivity contribution is -0.385. The van der Waals surface area contributed by atoms with Crippen LogP contribution in [0.3, 0.4) is 0 Å². The van der Waals surface area contributed by atoms with Crippen molar-refractivity contribution in [2.75, 3.05) is 10.2 Å². The number of aryl methyl sites for hydroxylation is 2. The maximum atomic E-state index is 12.8. The second kappa shape index (κ2) is 7.49. The van der Waals surface area contributed by atoms with Crippen LogP contribution in [-0.2, 0) is 0 Å². The largest absolute Gasteiger partial charge is 0.322 e. The van der Waals surface area contributed by atoms with E-state index >= 15 is 0 Å². The zero-order chi connectivity index (χ0) is 22.3. The Morgan fingerprint density at radius 2 is 1.58 bits per heavy atom. The summed E-state index contributed by atoms with van der Waals surface area (Å²) in [5, 5.41) is 14.1. The third-order valence-corrected chi connectivity index (χ3v) is 4.96. The van der Waals surface area contributed by atoms with Crippen LogP contribution in [0.5, 0.6) is 0 Å². The van der Waals surface area contributed by atoms with Crippen LogP contribution in [-0.4, -0.2) is 22.6 Å². The lowest BCUT2D eigenvalue weighted by atomic mass is 10.1. The smallest absolute Gasteiger partial charge is 0.283 e. The van der Waals surface area contributed by atoms with Crippen molar-refractivity contribution in [3.05, 3.63) is 98.6 Å². The molecule has 8 nitrogen and oxygen atoms in total. The Labute approximate surface area is 177 Å². The Bertz CT molecular complexity index is 1240. The molecule has 1 heterocycles. The molecule has 1 aliphatic heterocycles. The number of imide groups is 1. The molecule has 3 aromatic carbocycles. The molecule has 31 heavy (non-hydrogen) atoms. The van der Waals surface area contributed by atoms with E-state index in [0.29, 0.717) is 11.3 Å². The van der Waals surface area contributed by atoms with Gasteiger partial charge < -0.3 is 5.32 Å². The van der Waals surface area contributed by atoms with Gasteiger partial charge in [-0.1, -0.05) is 12.1 Å². The summed E-state index contributed by atoms with van der Waals surface area (Å²) in [6.45, 7) is 3.87. The third-order valence-electron chi connectivity index (χ3n) is 4.96. The zero-order valence-electron chi connectivity index (χ0n) is 16.7. The summed E-state index contributed by atoms with van der Waals surface area (Å²) in [5.74, 6) is -1.74. The number of hydrogen-bond acceptors (Lipinski definition) is 5. The summed E-state index contributed by atoms with van der Waals surface area (Å²) in [6, 6.07) is 15.5. The fourth-order valence-corrected chi connectivity index (χ4v) is 3.67. The van der Waals surface area contributed by atoms with E-state index in [4.69, 9.17) is 0 Å². The lowest BCUT2D eigenvalue weighted by Crippen LogP contribution is -2.29. The average molecular weight is 415 g/mol. The minimum Gasteiger partial charge on any atom is -0.322 e. The number of nitro benzene ring substituents is 1. The Morgan fingerprint density at radius 3 is 2.19 bits per heavy atom. The molecule has 0 saturated carbocycles. The molecule has 0 radical (unpaired) electrons. The monoisotopic (exact) mass is 415 g/mol. The summed E-state index contributed by atoms with van der Waals surface area (Å²) in [7, 11) is 0. The summed E-state index contributed by atoms with van der Waals surface area (Å²) < 4.78 is 0. The van der Waals surface area contributed by atoms with Crippen molar-refractivity contribution < 1.29 is 19.3 Å². The molecule has 0 aliphatic carbocycles. The number of nitrogens with zero attached hydrogens (tertiary/aromatic N) is 2. The van der Waals surface area contributed by atoms with Gasteiger partial charge in [0.25, 0.3) is 23.4 Å². The highest BCUT2D eigenvalue weighted by molar-refractivity contribution is 6.35. The molecule has 0 unspecified atom stereocenters. The van der Waals surface area contributed by atoms with Gasteiger partial charge in [0.15, 0.2) is 0 Å². The molecule has 1 aliphatic rings. The predicted octanol–water partition coefficient (Wildman–Crippen LogP) is 4.26. The van der Waals surface area contributed by atoms with Crippen LogP contribution in [0.1, 0.15) is 42.2 Å². The first kappa shape index (κ1) is 20.0. The Balaban J connectivity index is 1.59. The van der Waals surface area contributed by atoms with Gasteiger partial charge in [0.05, 0.1) is 16.2 Å². The molecule has 0 atom stereocenters. The van der Waals surface area contributed by atoms with Gasteiger partial charge in [0.1, 0.15) is 5.56 Å². The third kappa shape index (κ3) is 3.55. The van der Waals surface area contributed by atoms with Gasteiger partial charge in [0, 0.05) is 17.3 Å². The molecular formula is C23H17N3O5. The van der Waals surface area contributed by atoms with Crippen molar-refractivity contribution in [1.82, 2.24) is 0 Å². The summed E-state index contributed by atoms with van der Waals surface area (Å²) in [6.07, 6.45) is 0. The molecule has 4 rings (SSSR count). The maximum absolute atomic E-state index is 12.8. The Kier molecular flexibility index (Phi) is 4.82. The Hall–Kier alpha value is -4.33. The van der Waals surface area contributed by atoms with E-state index in [1.54, 1.807) is 0 Å². The predicted molar refractivity (Wildman–Crippen MR) is 115 cm³/mol. The standard InChI is InChI=1S/C23H17N3O5/c1-13-10-14(2)12-16(11-13)24-21(27)15-6-8-17(9-7-15)25-22(28)18-4-3-5-19(26(30)31)20(18)23(25)29/h3-12H,1-2H3,(H,24,27). The van der Waals surface area contributed by atoms with Gasteiger partial charge in [-0.2, -0.15) is 0 Å². The van der Waals surface area contributed by atoms with Crippen molar-refractivity contribution in [3.8, 4) is 0 Å². The van der Waals surface area contributed by atoms with Crippen LogP contribution in [0.15, 0.2) is 60.7 Å². The van der Waals surface area contributed by atoms with E-state index in [2.05, 4.69) is 5.32 Å². The van der Waals surface area contributed by atoms with Crippen LogP contribution < -0.4 is 10.2 Å². The zero-order valence-corrected chi connectivity index (χ0v) is 16.7. The van der Waals surface area contributed by atoms with Gasteiger partial charge in [-0.3, -0.25) is 24.5 Å². The molecule has 3 aromatic rings. The van der Waals surface area contributed by atoms with E-state index in [1.165, 1.54) is 42.5 Å². The normalized spacial score (nSPS) is 12.6. The van der Waals surface area contributed by atoms with E-state index in [1.807, 2.05) is 32.0 Å². The lowest BCUT2D eigenvalue weighted by Gasteiger charge is -2.14. The number of hydrogen-bond donors (Lipinski definition) is 1. The minimum atomic E-state index is -0.764. The van der Waals surface area contributed by atoms with Crippen LogP contribution in [0.2, 0.25) is 0 Å². The second-order valence-corrected chi connectivity index (χ2v) is 7.28. The average Bonchev–Trinajstić information content (AvgIpc) is 2.97. The first-order valence-electron chi connectivity index (χ1n) is 9.42. The highest BCUT2D eigenvalue weighted by Crippen LogP contribution is 2.33. The number of amides is 3. The molecule has 1 N–H and O–H groups in total. The molecule has 0 aromatic heterocycles. The molecular weight excluding hydrogens is 398 g/mol. The van der Waals surface area contributed by atoms with E-state index < -0.39 is 22.4 Å². The number of anilines is 2. The number of rotatable bonds is 4. The van der Waals surface area contributed by atoms with Crippen molar-refractivity contribution in [2.45, 2.75) is 13.8 Å². The molecule has 0 spiro atoms. The SMILES string of the molecule is Cc1cc(C)cc(NC(=O)c2ccc(N3C(=O)c4cccc([N+](=O)[O-])c4C3=O)cc2)c1. The Morgan fingerprint density at radius 1 is 0.935 bits per heavy atom. The van der Waals surface area contributed by atoms with E-state index in [0.717, 1.165) is 16.0 Å². The number of nitrogens with one attached hydrogen (secondary N) is 1. The van der Waals surface area contributed by atoms with Crippen LogP contribution >= 0.6 is 0 Å². The van der Waals surface area contributed by atoms with Gasteiger partial charge >= 0.3 is 0 Å². The van der Waals surface area contributed by atoms with Crippen molar-refractivity contribution in [1.29, 1.82) is 0 Å². The van der Waals surface area contributed by atoms with Crippen LogP contribution in [0, 0.1) is 24.0 Å². The van der Waals surface area contributed by atoms with Crippen molar-refractivity contribution in [2.24, 2.45) is 0 Å². The topological polar surface area (TPSA) is 110 Å². The summed E-state index contributed by atoms with van der Waals surface area (Å²) in [5.41, 5.74) is 2.61. The van der Waals surface area contributed by atoms with Crippen LogP contribution in [0.4, 0.5) is 17.1 Å². The number of carbonyl (C=O) groups is 3. The number of benzene rings is 3. The highest BCUT2D eigenvalue weighted by Gasteiger charge is 2.41. The molecule has 0 saturated heterocycles. The number of nitro groups is 1. The van der Waals surface area contributed by atoms with Crippen molar-refractivity contribution in [3.63, 3.8) is 0 Å². The summed E-state index contributed by atoms with van der Waals surface area (Å²) in [4.78, 5) is 49.5. The van der Waals surface area contributed by atoms with Gasteiger partial charge in [0.2, 0.25) is 0 Å². The van der Waals surface area contributed by atoms with E-state index in [9.17, 15) is 24.5 Å². The molecule has 8 heteroatoms. The minimum absolute atomic E-state index is 0.0177. The van der Waals surface area contributed by atoms with Crippen LogP contribution in [0.25, 0.3) is 0 Å². The van der Waals surface area contributed by atoms with E-state index in [-0.39, 0.29) is 22.7 Å².